The van der Waals surface area contributed by atoms with Crippen molar-refractivity contribution in [3.8, 4) is 0 Å². The first-order valence-electron chi connectivity index (χ1n) is 11.4. The number of rotatable bonds is 4. The fourth-order valence-electron chi connectivity index (χ4n) is 4.65. The molecule has 2 aliphatic rings. The van der Waals surface area contributed by atoms with Crippen molar-refractivity contribution in [2.45, 2.75) is 40.0 Å². The molecular weight excluding hydrogens is 408 g/mol. The highest BCUT2D eigenvalue weighted by Gasteiger charge is 2.30. The second-order valence-electron chi connectivity index (χ2n) is 8.96. The van der Waals surface area contributed by atoms with Crippen LogP contribution < -0.4 is 0 Å². The summed E-state index contributed by atoms with van der Waals surface area (Å²) in [5.41, 5.74) is 3.89. The lowest BCUT2D eigenvalue weighted by atomic mass is 9.92. The molecule has 0 radical (unpaired) electrons. The number of piperazine rings is 1. The summed E-state index contributed by atoms with van der Waals surface area (Å²) < 4.78 is 5.19. The maximum absolute atomic E-state index is 12.9. The smallest absolute Gasteiger partial charge is 0.289 e. The third-order valence-electron chi connectivity index (χ3n) is 7.04. The first kappa shape index (κ1) is 22.2. The number of hydrogen-bond donors (Lipinski definition) is 1. The minimum atomic E-state index is -0.123. The van der Waals surface area contributed by atoms with E-state index in [2.05, 4.69) is 4.98 Å². The maximum Gasteiger partial charge on any atom is 0.289 e. The number of piperidine rings is 1. The number of carbonyl (C=O) groups is 3. The van der Waals surface area contributed by atoms with Crippen molar-refractivity contribution < 1.29 is 18.8 Å². The second-order valence-corrected chi connectivity index (χ2v) is 8.96. The number of likely N-dealkylation sites (tertiary alicyclic amines) is 1. The number of nitrogens with one attached hydrogen (secondary N) is 1. The topological polar surface area (TPSA) is 89.9 Å². The van der Waals surface area contributed by atoms with Gasteiger partial charge >= 0.3 is 0 Å². The number of furan rings is 1. The molecule has 2 fully saturated rings. The highest BCUT2D eigenvalue weighted by Crippen LogP contribution is 2.25. The molecule has 4 heterocycles. The van der Waals surface area contributed by atoms with Crippen molar-refractivity contribution in [1.82, 2.24) is 19.7 Å². The third kappa shape index (κ3) is 4.45. The largest absolute Gasteiger partial charge is 0.459 e. The van der Waals surface area contributed by atoms with E-state index in [-0.39, 0.29) is 17.7 Å². The minimum absolute atomic E-state index is 0.0563. The summed E-state index contributed by atoms with van der Waals surface area (Å²) in [5, 5.41) is 0. The summed E-state index contributed by atoms with van der Waals surface area (Å²) in [6.07, 6.45) is 3.68. The van der Waals surface area contributed by atoms with Gasteiger partial charge in [-0.3, -0.25) is 14.4 Å². The molecule has 3 amide bonds. The molecule has 32 heavy (non-hydrogen) atoms. The molecule has 0 spiro atoms. The molecule has 8 nitrogen and oxygen atoms in total. The van der Waals surface area contributed by atoms with E-state index in [0.717, 1.165) is 29.7 Å². The average molecular weight is 441 g/mol. The van der Waals surface area contributed by atoms with Gasteiger partial charge in [0, 0.05) is 51.4 Å². The van der Waals surface area contributed by atoms with Gasteiger partial charge in [-0.05, 0) is 62.8 Å². The highest BCUT2D eigenvalue weighted by atomic mass is 16.3. The van der Waals surface area contributed by atoms with Crippen LogP contribution in [0.2, 0.25) is 0 Å². The van der Waals surface area contributed by atoms with E-state index < -0.39 is 0 Å². The Balaban J connectivity index is 1.23. The van der Waals surface area contributed by atoms with Gasteiger partial charge in [-0.15, -0.1) is 0 Å². The normalized spacial score (nSPS) is 17.7. The Morgan fingerprint density at radius 1 is 0.906 bits per heavy atom. The molecule has 0 atom stereocenters. The highest BCUT2D eigenvalue weighted by molar-refractivity contribution is 5.94. The van der Waals surface area contributed by atoms with Gasteiger partial charge in [-0.2, -0.15) is 0 Å². The van der Waals surface area contributed by atoms with Gasteiger partial charge in [0.05, 0.1) is 6.26 Å². The van der Waals surface area contributed by atoms with Gasteiger partial charge in [-0.25, -0.2) is 0 Å². The van der Waals surface area contributed by atoms with E-state index in [1.807, 2.05) is 30.6 Å². The summed E-state index contributed by atoms with van der Waals surface area (Å²) in [6.45, 7) is 9.50. The maximum atomic E-state index is 12.9. The monoisotopic (exact) mass is 440 g/mol. The fourth-order valence-corrected chi connectivity index (χ4v) is 4.65. The number of hydrogen-bond acceptors (Lipinski definition) is 4. The zero-order valence-corrected chi connectivity index (χ0v) is 19.1. The summed E-state index contributed by atoms with van der Waals surface area (Å²) in [7, 11) is 0. The van der Waals surface area contributed by atoms with Crippen molar-refractivity contribution in [2.24, 2.45) is 5.92 Å². The number of aromatic nitrogens is 1. The van der Waals surface area contributed by atoms with Crippen molar-refractivity contribution in [2.75, 3.05) is 39.3 Å². The molecule has 0 aliphatic carbocycles. The Bertz CT molecular complexity index is 978. The molecule has 0 saturated carbocycles. The summed E-state index contributed by atoms with van der Waals surface area (Å²) >= 11 is 0. The summed E-state index contributed by atoms with van der Waals surface area (Å²) in [4.78, 5) is 46.8. The Kier molecular flexibility index (Phi) is 6.39. The molecule has 2 aromatic rings. The van der Waals surface area contributed by atoms with Gasteiger partial charge < -0.3 is 24.1 Å². The number of aromatic amines is 1. The summed E-state index contributed by atoms with van der Waals surface area (Å²) in [6, 6.07) is 3.36. The van der Waals surface area contributed by atoms with Crippen molar-refractivity contribution in [3.05, 3.63) is 46.7 Å². The predicted octanol–water partition coefficient (Wildman–Crippen LogP) is 2.76. The second kappa shape index (κ2) is 9.22. The van der Waals surface area contributed by atoms with Crippen molar-refractivity contribution in [3.63, 3.8) is 0 Å². The minimum Gasteiger partial charge on any atom is -0.459 e. The van der Waals surface area contributed by atoms with E-state index in [4.69, 9.17) is 4.42 Å². The molecular formula is C24H32N4O4. The van der Waals surface area contributed by atoms with Crippen LogP contribution in [0, 0.1) is 26.7 Å². The first-order valence-corrected chi connectivity index (χ1v) is 11.4. The predicted molar refractivity (Wildman–Crippen MR) is 119 cm³/mol. The Labute approximate surface area is 188 Å². The molecule has 172 valence electrons. The Morgan fingerprint density at radius 2 is 1.53 bits per heavy atom. The quantitative estimate of drug-likeness (QED) is 0.792. The average Bonchev–Trinajstić information content (AvgIpc) is 3.44. The van der Waals surface area contributed by atoms with E-state index in [1.165, 1.54) is 6.26 Å². The van der Waals surface area contributed by atoms with Crippen LogP contribution in [0.15, 0.2) is 22.8 Å². The number of nitrogens with zero attached hydrogens (tertiary/aromatic N) is 3. The summed E-state index contributed by atoms with van der Waals surface area (Å²) in [5.74, 6) is 0.711. The SMILES string of the molecule is Cc1[nH]c(C(=O)N2CCC(CC(=O)N3CCN(C(=O)c4ccco4)CC3)CC2)c(C)c1C. The van der Waals surface area contributed by atoms with Gasteiger partial charge in [0.15, 0.2) is 5.76 Å². The molecule has 4 rings (SSSR count). The van der Waals surface area contributed by atoms with Crippen LogP contribution in [0.25, 0.3) is 0 Å². The first-order chi connectivity index (χ1) is 15.3. The number of H-pyrrole nitrogens is 1. The van der Waals surface area contributed by atoms with Gasteiger partial charge in [0.1, 0.15) is 5.69 Å². The standard InChI is InChI=1S/C24H32N4O4/c1-16-17(2)22(25-18(16)3)24(31)27-8-6-19(7-9-27)15-21(29)26-10-12-28(13-11-26)23(30)20-5-4-14-32-20/h4-5,14,19,25H,6-13,15H2,1-3H3. The van der Waals surface area contributed by atoms with Crippen LogP contribution in [0.5, 0.6) is 0 Å². The van der Waals surface area contributed by atoms with Gasteiger partial charge in [-0.1, -0.05) is 0 Å². The number of amides is 3. The molecule has 2 saturated heterocycles. The van der Waals surface area contributed by atoms with E-state index >= 15 is 0 Å². The number of aryl methyl sites for hydroxylation is 1. The number of carbonyl (C=O) groups excluding carboxylic acids is 3. The molecule has 8 heteroatoms. The van der Waals surface area contributed by atoms with Crippen molar-refractivity contribution in [1.29, 1.82) is 0 Å². The van der Waals surface area contributed by atoms with E-state index in [0.29, 0.717) is 63.1 Å². The lowest BCUT2D eigenvalue weighted by Gasteiger charge is -2.36. The van der Waals surface area contributed by atoms with Crippen LogP contribution in [0.1, 0.15) is 57.1 Å². The van der Waals surface area contributed by atoms with Crippen LogP contribution >= 0.6 is 0 Å². The lowest BCUT2D eigenvalue weighted by Crippen LogP contribution is -2.51. The van der Waals surface area contributed by atoms with Gasteiger partial charge in [0.2, 0.25) is 5.91 Å². The lowest BCUT2D eigenvalue weighted by molar-refractivity contribution is -0.134. The van der Waals surface area contributed by atoms with Crippen LogP contribution in [-0.4, -0.2) is 76.7 Å². The molecule has 2 aliphatic heterocycles. The van der Waals surface area contributed by atoms with Crippen LogP contribution in [0.4, 0.5) is 0 Å². The Hall–Kier alpha value is -3.03. The van der Waals surface area contributed by atoms with Crippen LogP contribution in [-0.2, 0) is 4.79 Å². The van der Waals surface area contributed by atoms with E-state index in [9.17, 15) is 14.4 Å². The zero-order valence-electron chi connectivity index (χ0n) is 19.1. The van der Waals surface area contributed by atoms with E-state index in [1.54, 1.807) is 17.0 Å². The van der Waals surface area contributed by atoms with Crippen molar-refractivity contribution >= 4 is 17.7 Å². The van der Waals surface area contributed by atoms with Gasteiger partial charge in [0.25, 0.3) is 11.8 Å². The molecule has 0 bridgehead atoms. The molecule has 0 aromatic carbocycles. The fraction of sp³-hybridized carbons (Fsp3) is 0.542. The molecule has 0 unspecified atom stereocenters. The third-order valence-corrected chi connectivity index (χ3v) is 7.04. The molecule has 2 aromatic heterocycles. The zero-order chi connectivity index (χ0) is 22.8. The molecule has 1 N–H and O–H groups in total. The van der Waals surface area contributed by atoms with Crippen LogP contribution in [0.3, 0.4) is 0 Å². The Morgan fingerprint density at radius 3 is 2.09 bits per heavy atom.